The molecule has 1 nitrogen and oxygen atoms in total. The van der Waals surface area contributed by atoms with Crippen LogP contribution in [0.1, 0.15) is 50.4 Å². The van der Waals surface area contributed by atoms with Gasteiger partial charge in [0, 0.05) is 0 Å². The molecule has 1 rings (SSSR count). The summed E-state index contributed by atoms with van der Waals surface area (Å²) in [6, 6.07) is 5.35. The summed E-state index contributed by atoms with van der Waals surface area (Å²) in [7, 11) is 0. The van der Waals surface area contributed by atoms with Crippen LogP contribution in [0.5, 0.6) is 0 Å². The van der Waals surface area contributed by atoms with Gasteiger partial charge in [-0.25, -0.2) is 0 Å². The molecule has 0 spiro atoms. The fourth-order valence-corrected chi connectivity index (χ4v) is 14.7. The predicted molar refractivity (Wildman–Crippen MR) is 91.8 cm³/mol. The van der Waals surface area contributed by atoms with Crippen LogP contribution in [0, 0.1) is 0 Å². The molecule has 1 aromatic carbocycles. The third-order valence-corrected chi connectivity index (χ3v) is 16.2. The second-order valence-electron chi connectivity index (χ2n) is 5.46. The van der Waals surface area contributed by atoms with Crippen LogP contribution in [-0.2, 0) is 0 Å². The average molecular weight is 376 g/mol. The van der Waals surface area contributed by atoms with Crippen LogP contribution < -0.4 is 0 Å². The third-order valence-electron chi connectivity index (χ3n) is 3.86. The molecule has 1 aromatic rings. The summed E-state index contributed by atoms with van der Waals surface area (Å²) in [6.45, 7) is 6.52. The van der Waals surface area contributed by atoms with Gasteiger partial charge in [-0.15, -0.1) is 0 Å². The number of benzene rings is 1. The zero-order valence-electron chi connectivity index (χ0n) is 12.6. The SMILES string of the molecule is CC[CH2][Ge]([CH2]CC)([CH2]CC)[C](=O)c1c(Cl)cccc1Cl. The molecule has 0 saturated heterocycles. The van der Waals surface area contributed by atoms with E-state index in [1.54, 1.807) is 18.2 Å². The van der Waals surface area contributed by atoms with Gasteiger partial charge in [0.05, 0.1) is 0 Å². The summed E-state index contributed by atoms with van der Waals surface area (Å²) in [6.07, 6.45) is 3.23. The molecule has 0 amide bonds. The van der Waals surface area contributed by atoms with Gasteiger partial charge in [0.15, 0.2) is 0 Å². The van der Waals surface area contributed by atoms with Gasteiger partial charge in [0.2, 0.25) is 0 Å². The van der Waals surface area contributed by atoms with E-state index in [0.29, 0.717) is 20.2 Å². The summed E-state index contributed by atoms with van der Waals surface area (Å²) in [4.78, 5) is 13.2. The van der Waals surface area contributed by atoms with E-state index in [2.05, 4.69) is 20.8 Å². The molecule has 4 heteroatoms. The van der Waals surface area contributed by atoms with Crippen molar-refractivity contribution in [3.8, 4) is 0 Å². The number of halogens is 2. The molecule has 0 heterocycles. The van der Waals surface area contributed by atoms with Crippen molar-refractivity contribution in [1.29, 1.82) is 0 Å². The van der Waals surface area contributed by atoms with Gasteiger partial charge < -0.3 is 0 Å². The fourth-order valence-electron chi connectivity index (χ4n) is 3.13. The maximum atomic E-state index is 13.2. The third kappa shape index (κ3) is 4.02. The molecule has 0 N–H and O–H groups in total. The van der Waals surface area contributed by atoms with E-state index in [-0.39, 0.29) is 0 Å². The van der Waals surface area contributed by atoms with Crippen LogP contribution >= 0.6 is 23.2 Å². The minimum atomic E-state index is -2.60. The van der Waals surface area contributed by atoms with E-state index in [0.717, 1.165) is 35.0 Å². The molecular weight excluding hydrogens is 352 g/mol. The molecule has 0 aromatic heterocycles. The zero-order valence-corrected chi connectivity index (χ0v) is 16.2. The van der Waals surface area contributed by atoms with E-state index in [9.17, 15) is 4.79 Å². The van der Waals surface area contributed by atoms with Gasteiger partial charge >= 0.3 is 135 Å². The molecule has 0 atom stereocenters. The monoisotopic (exact) mass is 376 g/mol. The van der Waals surface area contributed by atoms with Crippen molar-refractivity contribution >= 4 is 41.1 Å². The first-order chi connectivity index (χ1) is 9.52. The van der Waals surface area contributed by atoms with Crippen LogP contribution in [0.3, 0.4) is 0 Å². The van der Waals surface area contributed by atoms with Crippen LogP contribution in [-0.4, -0.2) is 17.9 Å². The Morgan fingerprint density at radius 2 is 1.35 bits per heavy atom. The van der Waals surface area contributed by atoms with E-state index in [1.165, 1.54) is 0 Å². The van der Waals surface area contributed by atoms with Gasteiger partial charge in [-0.05, 0) is 0 Å². The number of rotatable bonds is 8. The summed E-state index contributed by atoms with van der Waals surface area (Å²) in [5, 5.41) is 4.29. The summed E-state index contributed by atoms with van der Waals surface area (Å²) in [5.74, 6) is 0. The first-order valence-corrected chi connectivity index (χ1v) is 13.8. The first-order valence-electron chi connectivity index (χ1n) is 7.51. The number of carbonyl (C=O) groups is 1. The Morgan fingerprint density at radius 3 is 1.70 bits per heavy atom. The molecule has 0 saturated carbocycles. The molecule has 20 heavy (non-hydrogen) atoms. The van der Waals surface area contributed by atoms with Gasteiger partial charge in [0.1, 0.15) is 0 Å². The number of carbonyl (C=O) groups excluding carboxylic acids is 1. The van der Waals surface area contributed by atoms with Crippen molar-refractivity contribution in [2.75, 3.05) is 0 Å². The number of hydrogen-bond donors (Lipinski definition) is 0. The van der Waals surface area contributed by atoms with E-state index in [4.69, 9.17) is 23.2 Å². The van der Waals surface area contributed by atoms with E-state index in [1.807, 2.05) is 0 Å². The van der Waals surface area contributed by atoms with Crippen molar-refractivity contribution in [1.82, 2.24) is 0 Å². The summed E-state index contributed by atoms with van der Waals surface area (Å²) >= 11 is 9.91. The Kier molecular flexibility index (Phi) is 7.64. The quantitative estimate of drug-likeness (QED) is 0.481. The topological polar surface area (TPSA) is 17.1 Å². The van der Waals surface area contributed by atoms with Gasteiger partial charge in [-0.1, -0.05) is 0 Å². The molecule has 0 bridgehead atoms. The van der Waals surface area contributed by atoms with Crippen molar-refractivity contribution in [2.45, 2.75) is 55.8 Å². The molecule has 0 fully saturated rings. The second-order valence-corrected chi connectivity index (χ2v) is 15.7. The molecule has 0 aliphatic rings. The molecule has 0 radical (unpaired) electrons. The Labute approximate surface area is 135 Å². The Hall–Kier alpha value is 0.0129. The first kappa shape index (κ1) is 18.1. The molecule has 0 aliphatic heterocycles. The Balaban J connectivity index is 3.28. The zero-order chi connectivity index (χ0) is 15.2. The van der Waals surface area contributed by atoms with Crippen LogP contribution in [0.4, 0.5) is 0 Å². The minimum absolute atomic E-state index is 0.311. The fraction of sp³-hybridized carbons (Fsp3) is 0.562. The molecular formula is C16H24Cl2GeO. The van der Waals surface area contributed by atoms with Gasteiger partial charge in [-0.3, -0.25) is 0 Å². The number of hydrogen-bond acceptors (Lipinski definition) is 1. The average Bonchev–Trinajstić information content (AvgIpc) is 2.39. The van der Waals surface area contributed by atoms with E-state index < -0.39 is 13.3 Å². The van der Waals surface area contributed by atoms with Crippen LogP contribution in [0.15, 0.2) is 18.2 Å². The summed E-state index contributed by atoms with van der Waals surface area (Å²) < 4.78 is 0.311. The van der Waals surface area contributed by atoms with Crippen LogP contribution in [0.25, 0.3) is 0 Å². The van der Waals surface area contributed by atoms with Crippen molar-refractivity contribution in [3.63, 3.8) is 0 Å². The van der Waals surface area contributed by atoms with E-state index >= 15 is 0 Å². The van der Waals surface area contributed by atoms with Crippen molar-refractivity contribution in [3.05, 3.63) is 33.8 Å². The molecule has 0 aliphatic carbocycles. The molecule has 0 unspecified atom stereocenters. The van der Waals surface area contributed by atoms with Crippen LogP contribution in [0.2, 0.25) is 25.8 Å². The van der Waals surface area contributed by atoms with Gasteiger partial charge in [-0.2, -0.15) is 0 Å². The summed E-state index contributed by atoms with van der Waals surface area (Å²) in [5.41, 5.74) is 0.589. The normalized spacial score (nSPS) is 11.7. The van der Waals surface area contributed by atoms with Gasteiger partial charge in [0.25, 0.3) is 0 Å². The Morgan fingerprint density at radius 1 is 0.950 bits per heavy atom. The molecule has 112 valence electrons. The Bertz CT molecular complexity index is 423. The van der Waals surface area contributed by atoms with Crippen molar-refractivity contribution in [2.24, 2.45) is 0 Å². The maximum absolute atomic E-state index is 13.2. The van der Waals surface area contributed by atoms with Crippen molar-refractivity contribution < 1.29 is 4.79 Å². The standard InChI is InChI=1S/C16H24Cl2GeO/c1-4-10-19(11-5-2,12-6-3)16(20)15-13(17)8-7-9-14(15)18/h7-9H,4-6,10-12H2,1-3H3. The second kappa shape index (κ2) is 8.45. The predicted octanol–water partition coefficient (Wildman–Crippen LogP) is 6.39.